The fourth-order valence-corrected chi connectivity index (χ4v) is 1.78. The number of carbonyl (C=O) groups excluding carboxylic acids is 1. The van der Waals surface area contributed by atoms with Crippen LogP contribution < -0.4 is 15.4 Å². The summed E-state index contributed by atoms with van der Waals surface area (Å²) in [7, 11) is 0. The molecule has 1 fully saturated rings. The molecule has 0 bridgehead atoms. The average molecular weight is 266 g/mol. The maximum absolute atomic E-state index is 13.1. The van der Waals surface area contributed by atoms with Crippen LogP contribution in [0.15, 0.2) is 18.2 Å². The van der Waals surface area contributed by atoms with E-state index in [-0.39, 0.29) is 18.3 Å². The summed E-state index contributed by atoms with van der Waals surface area (Å²) < 4.78 is 18.4. The zero-order chi connectivity index (χ0) is 13.7. The summed E-state index contributed by atoms with van der Waals surface area (Å²) in [5, 5.41) is 5.83. The van der Waals surface area contributed by atoms with Crippen LogP contribution in [-0.2, 0) is 4.79 Å². The summed E-state index contributed by atoms with van der Waals surface area (Å²) in [4.78, 5) is 11.7. The van der Waals surface area contributed by atoms with Gasteiger partial charge in [-0.2, -0.15) is 0 Å². The molecule has 0 unspecified atom stereocenters. The lowest BCUT2D eigenvalue weighted by atomic mass is 10.2. The molecule has 1 aliphatic rings. The van der Waals surface area contributed by atoms with Crippen molar-refractivity contribution in [2.24, 2.45) is 5.92 Å². The number of anilines is 1. The van der Waals surface area contributed by atoms with Gasteiger partial charge in [0.15, 0.2) is 0 Å². The number of carbonyl (C=O) groups is 1. The van der Waals surface area contributed by atoms with Gasteiger partial charge in [0.2, 0.25) is 5.91 Å². The fraction of sp³-hybridized carbons (Fsp3) is 0.500. The Labute approximate surface area is 112 Å². The highest BCUT2D eigenvalue weighted by Gasteiger charge is 2.20. The quantitative estimate of drug-likeness (QED) is 0.795. The summed E-state index contributed by atoms with van der Waals surface area (Å²) in [5.41, 5.74) is 0.501. The molecular formula is C14H19FN2O2. The smallest absolute Gasteiger partial charge is 0.238 e. The van der Waals surface area contributed by atoms with Gasteiger partial charge < -0.3 is 15.4 Å². The number of halogens is 1. The highest BCUT2D eigenvalue weighted by atomic mass is 19.1. The molecule has 1 amide bonds. The normalized spacial score (nSPS) is 14.2. The lowest BCUT2D eigenvalue weighted by Gasteiger charge is -2.11. The zero-order valence-corrected chi connectivity index (χ0v) is 11.0. The lowest BCUT2D eigenvalue weighted by molar-refractivity contribution is -0.115. The molecule has 0 aliphatic heterocycles. The van der Waals surface area contributed by atoms with Crippen molar-refractivity contribution in [1.29, 1.82) is 0 Å². The van der Waals surface area contributed by atoms with Gasteiger partial charge in [-0.05, 0) is 44.4 Å². The van der Waals surface area contributed by atoms with E-state index in [0.29, 0.717) is 18.0 Å². The van der Waals surface area contributed by atoms with Gasteiger partial charge in [-0.15, -0.1) is 0 Å². The van der Waals surface area contributed by atoms with Crippen LogP contribution in [0.2, 0.25) is 0 Å². The van der Waals surface area contributed by atoms with E-state index in [0.717, 1.165) is 12.5 Å². The van der Waals surface area contributed by atoms with E-state index in [2.05, 4.69) is 10.6 Å². The van der Waals surface area contributed by atoms with E-state index in [1.165, 1.54) is 31.0 Å². The molecule has 5 heteroatoms. The number of rotatable bonds is 7. The van der Waals surface area contributed by atoms with Crippen LogP contribution in [0.3, 0.4) is 0 Å². The number of benzene rings is 1. The molecule has 4 nitrogen and oxygen atoms in total. The van der Waals surface area contributed by atoms with E-state index in [9.17, 15) is 9.18 Å². The topological polar surface area (TPSA) is 50.4 Å². The molecule has 0 heterocycles. The summed E-state index contributed by atoms with van der Waals surface area (Å²) >= 11 is 0. The number of nitrogens with one attached hydrogen (secondary N) is 2. The maximum atomic E-state index is 13.1. The highest BCUT2D eigenvalue weighted by molar-refractivity contribution is 5.93. The predicted molar refractivity (Wildman–Crippen MR) is 71.8 cm³/mol. The molecule has 2 rings (SSSR count). The Kier molecular flexibility index (Phi) is 4.74. The number of hydrogen-bond donors (Lipinski definition) is 2. The number of hydrogen-bond acceptors (Lipinski definition) is 3. The van der Waals surface area contributed by atoms with Gasteiger partial charge in [0.05, 0.1) is 18.8 Å². The molecular weight excluding hydrogens is 247 g/mol. The summed E-state index contributed by atoms with van der Waals surface area (Å²) in [6, 6.07) is 4.09. The second-order valence-corrected chi connectivity index (χ2v) is 4.70. The third kappa shape index (κ3) is 4.52. The van der Waals surface area contributed by atoms with Crippen molar-refractivity contribution in [2.75, 3.05) is 25.0 Å². The maximum Gasteiger partial charge on any atom is 0.238 e. The van der Waals surface area contributed by atoms with Crippen molar-refractivity contribution in [1.82, 2.24) is 5.32 Å². The summed E-state index contributed by atoms with van der Waals surface area (Å²) in [6.07, 6.45) is 2.50. The predicted octanol–water partition coefficient (Wildman–Crippen LogP) is 2.16. The molecule has 1 aromatic rings. The molecule has 104 valence electrons. The third-order valence-corrected chi connectivity index (χ3v) is 2.93. The molecule has 0 saturated heterocycles. The Hall–Kier alpha value is -1.62. The van der Waals surface area contributed by atoms with E-state index in [4.69, 9.17) is 4.74 Å². The van der Waals surface area contributed by atoms with Gasteiger partial charge in [-0.1, -0.05) is 0 Å². The van der Waals surface area contributed by atoms with Gasteiger partial charge in [0.1, 0.15) is 11.6 Å². The molecule has 1 aromatic carbocycles. The Morgan fingerprint density at radius 3 is 2.95 bits per heavy atom. The molecule has 0 aromatic heterocycles. The SMILES string of the molecule is CCOc1cc(F)ccc1NC(=O)CNCC1CC1. The second kappa shape index (κ2) is 6.52. The van der Waals surface area contributed by atoms with Crippen LogP contribution in [0, 0.1) is 11.7 Å². The number of amides is 1. The standard InChI is InChI=1S/C14H19FN2O2/c1-2-19-13-7-11(15)5-6-12(13)17-14(18)9-16-8-10-3-4-10/h5-7,10,16H,2-4,8-9H2,1H3,(H,17,18). The molecule has 1 aliphatic carbocycles. The van der Waals surface area contributed by atoms with Crippen molar-refractivity contribution < 1.29 is 13.9 Å². The Bertz CT molecular complexity index is 447. The third-order valence-electron chi connectivity index (χ3n) is 2.93. The zero-order valence-electron chi connectivity index (χ0n) is 11.0. The first-order chi connectivity index (χ1) is 9.19. The molecule has 0 spiro atoms. The minimum atomic E-state index is -0.381. The van der Waals surface area contributed by atoms with Gasteiger partial charge in [-0.3, -0.25) is 4.79 Å². The first-order valence-corrected chi connectivity index (χ1v) is 6.62. The van der Waals surface area contributed by atoms with E-state index in [1.807, 2.05) is 6.92 Å². The van der Waals surface area contributed by atoms with Crippen molar-refractivity contribution in [3.63, 3.8) is 0 Å². The lowest BCUT2D eigenvalue weighted by Crippen LogP contribution is -2.29. The van der Waals surface area contributed by atoms with Crippen LogP contribution in [0.4, 0.5) is 10.1 Å². The van der Waals surface area contributed by atoms with E-state index in [1.54, 1.807) is 0 Å². The number of ether oxygens (including phenoxy) is 1. The average Bonchev–Trinajstić information content (AvgIpc) is 3.17. The van der Waals surface area contributed by atoms with E-state index < -0.39 is 0 Å². The molecule has 19 heavy (non-hydrogen) atoms. The van der Waals surface area contributed by atoms with Gasteiger partial charge in [0.25, 0.3) is 0 Å². The van der Waals surface area contributed by atoms with Crippen LogP contribution in [0.1, 0.15) is 19.8 Å². The van der Waals surface area contributed by atoms with Crippen molar-refractivity contribution in [3.8, 4) is 5.75 Å². The highest BCUT2D eigenvalue weighted by Crippen LogP contribution is 2.27. The molecule has 1 saturated carbocycles. The Morgan fingerprint density at radius 1 is 1.47 bits per heavy atom. The van der Waals surface area contributed by atoms with Crippen molar-refractivity contribution in [3.05, 3.63) is 24.0 Å². The van der Waals surface area contributed by atoms with Crippen LogP contribution in [0.5, 0.6) is 5.75 Å². The first kappa shape index (κ1) is 13.8. The van der Waals surface area contributed by atoms with Gasteiger partial charge in [-0.25, -0.2) is 4.39 Å². The molecule has 0 radical (unpaired) electrons. The van der Waals surface area contributed by atoms with Crippen molar-refractivity contribution >= 4 is 11.6 Å². The van der Waals surface area contributed by atoms with Gasteiger partial charge >= 0.3 is 0 Å². The van der Waals surface area contributed by atoms with Gasteiger partial charge in [0, 0.05) is 6.07 Å². The van der Waals surface area contributed by atoms with Crippen molar-refractivity contribution in [2.45, 2.75) is 19.8 Å². The Morgan fingerprint density at radius 2 is 2.26 bits per heavy atom. The van der Waals surface area contributed by atoms with Crippen LogP contribution >= 0.6 is 0 Å². The minimum absolute atomic E-state index is 0.145. The molecule has 2 N–H and O–H groups in total. The first-order valence-electron chi connectivity index (χ1n) is 6.62. The monoisotopic (exact) mass is 266 g/mol. The summed E-state index contributed by atoms with van der Waals surface area (Å²) in [5.74, 6) is 0.567. The minimum Gasteiger partial charge on any atom is -0.492 e. The van der Waals surface area contributed by atoms with E-state index >= 15 is 0 Å². The largest absolute Gasteiger partial charge is 0.492 e. The fourth-order valence-electron chi connectivity index (χ4n) is 1.78. The Balaban J connectivity index is 1.87. The second-order valence-electron chi connectivity index (χ2n) is 4.70. The van der Waals surface area contributed by atoms with Crippen LogP contribution in [-0.4, -0.2) is 25.6 Å². The summed E-state index contributed by atoms with van der Waals surface area (Å²) in [6.45, 7) is 3.38. The van der Waals surface area contributed by atoms with Crippen LogP contribution in [0.25, 0.3) is 0 Å². The molecule has 0 atom stereocenters.